The molecule has 0 saturated carbocycles. The van der Waals surface area contributed by atoms with Gasteiger partial charge in [0.15, 0.2) is 0 Å². The maximum Gasteiger partial charge on any atom is 0.119 e. The Morgan fingerprint density at radius 2 is 0.744 bits per heavy atom. The van der Waals surface area contributed by atoms with Crippen molar-refractivity contribution in [2.45, 2.75) is 125 Å². The van der Waals surface area contributed by atoms with E-state index in [-0.39, 0.29) is 44.5 Å². The highest BCUT2D eigenvalue weighted by Gasteiger charge is 2.29. The van der Waals surface area contributed by atoms with Gasteiger partial charge < -0.3 is 31.7 Å². The molecule has 0 saturated heterocycles. The zero-order chi connectivity index (χ0) is 30.5. The molecule has 0 spiro atoms. The van der Waals surface area contributed by atoms with E-state index < -0.39 is 0 Å². The Morgan fingerprint density at radius 3 is 1.02 bits per heavy atom. The Morgan fingerprint density at radius 1 is 0.488 bits per heavy atom. The maximum absolute atomic E-state index is 10.9. The molecule has 242 valence electrons. The molecule has 6 heteroatoms. The summed E-state index contributed by atoms with van der Waals surface area (Å²) in [7, 11) is 0. The molecule has 1 unspecified atom stereocenters. The number of benzene rings is 3. The molecule has 1 atom stereocenters. The normalized spacial score (nSPS) is 12.7. The molecule has 0 heterocycles. The molecule has 0 aliphatic rings. The number of hydrogen-bond acceptors (Lipinski definition) is 3. The van der Waals surface area contributed by atoms with E-state index in [2.05, 4.69) is 108 Å². The molecule has 3 rings (SSSR count). The van der Waals surface area contributed by atoms with Crippen molar-refractivity contribution < 1.29 is 31.7 Å². The minimum Gasteiger partial charge on any atom is -0.508 e. The van der Waals surface area contributed by atoms with Crippen LogP contribution in [-0.2, 0) is 16.2 Å². The first-order valence-electron chi connectivity index (χ1n) is 14.6. The predicted molar refractivity (Wildman–Crippen MR) is 180 cm³/mol. The van der Waals surface area contributed by atoms with Crippen LogP contribution in [0.4, 0.5) is 0 Å². The summed E-state index contributed by atoms with van der Waals surface area (Å²) in [5, 5.41) is 32.6. The third-order valence-corrected chi connectivity index (χ3v) is 8.45. The van der Waals surface area contributed by atoms with Crippen molar-refractivity contribution in [3.8, 4) is 17.2 Å². The van der Waals surface area contributed by atoms with E-state index in [4.69, 9.17) is 0 Å². The van der Waals surface area contributed by atoms with Crippen LogP contribution < -0.4 is 0 Å². The second-order valence-corrected chi connectivity index (χ2v) is 15.1. The molecular weight excluding hydrogens is 540 g/mol. The molecule has 0 aliphatic carbocycles. The van der Waals surface area contributed by atoms with Gasteiger partial charge in [-0.05, 0) is 118 Å². The highest BCUT2D eigenvalue weighted by molar-refractivity contribution is 5.53. The minimum atomic E-state index is -0.210. The Labute approximate surface area is 259 Å². The van der Waals surface area contributed by atoms with Crippen molar-refractivity contribution in [1.29, 1.82) is 0 Å². The number of rotatable bonds is 5. The molecule has 3 aromatic rings. The van der Waals surface area contributed by atoms with E-state index in [0.29, 0.717) is 17.2 Å². The summed E-state index contributed by atoms with van der Waals surface area (Å²) in [6.45, 7) is 27.7. The van der Waals surface area contributed by atoms with Gasteiger partial charge >= 0.3 is 0 Å². The molecule has 9 N–H and O–H groups in total. The number of aromatic hydroxyl groups is 3. The van der Waals surface area contributed by atoms with Crippen molar-refractivity contribution in [3.63, 3.8) is 0 Å². The quantitative estimate of drug-likeness (QED) is 0.279. The summed E-state index contributed by atoms with van der Waals surface area (Å²) in [5.41, 5.74) is 9.11. The van der Waals surface area contributed by atoms with Crippen LogP contribution in [0.5, 0.6) is 17.2 Å². The number of phenols is 3. The number of phenolic OH excluding ortho intramolecular Hbond substituents is 3. The van der Waals surface area contributed by atoms with Crippen molar-refractivity contribution in [1.82, 2.24) is 0 Å². The zero-order valence-corrected chi connectivity index (χ0v) is 28.7. The van der Waals surface area contributed by atoms with Crippen LogP contribution in [0.1, 0.15) is 138 Å². The molecule has 0 bridgehead atoms. The minimum absolute atomic E-state index is 0. The van der Waals surface area contributed by atoms with Crippen molar-refractivity contribution in [3.05, 3.63) is 86.5 Å². The van der Waals surface area contributed by atoms with E-state index >= 15 is 0 Å². The SMILES string of the molecule is Cc1cc(O)c(C(C)(C)C)cc1C(C)CC(c1cc(C(C)(C)C)c(O)cc1C)c1cc(C(C)(C)C)c(O)cc1C.O.O.O. The van der Waals surface area contributed by atoms with Crippen LogP contribution in [0.15, 0.2) is 36.4 Å². The summed E-state index contributed by atoms with van der Waals surface area (Å²) < 4.78 is 0. The maximum atomic E-state index is 10.9. The lowest BCUT2D eigenvalue weighted by Crippen LogP contribution is -2.17. The average Bonchev–Trinajstić information content (AvgIpc) is 2.75. The van der Waals surface area contributed by atoms with E-state index in [9.17, 15) is 15.3 Å². The molecule has 0 aromatic heterocycles. The summed E-state index contributed by atoms with van der Waals surface area (Å²) >= 11 is 0. The van der Waals surface area contributed by atoms with Gasteiger partial charge in [0.1, 0.15) is 17.2 Å². The third kappa shape index (κ3) is 8.53. The third-order valence-electron chi connectivity index (χ3n) is 8.45. The molecule has 6 nitrogen and oxygen atoms in total. The fourth-order valence-corrected chi connectivity index (χ4v) is 6.11. The summed E-state index contributed by atoms with van der Waals surface area (Å²) in [4.78, 5) is 0. The second-order valence-electron chi connectivity index (χ2n) is 15.1. The van der Waals surface area contributed by atoms with Crippen LogP contribution >= 0.6 is 0 Å². The molecule has 43 heavy (non-hydrogen) atoms. The van der Waals surface area contributed by atoms with Crippen LogP contribution in [0.3, 0.4) is 0 Å². The molecule has 3 aromatic carbocycles. The Balaban J connectivity index is 0.00000588. The first-order valence-corrected chi connectivity index (χ1v) is 14.6. The topological polar surface area (TPSA) is 155 Å². The molecule has 0 aliphatic heterocycles. The lowest BCUT2D eigenvalue weighted by molar-refractivity contribution is 0.444. The summed E-state index contributed by atoms with van der Waals surface area (Å²) in [5.74, 6) is 1.27. The predicted octanol–water partition coefficient (Wildman–Crippen LogP) is 7.47. The van der Waals surface area contributed by atoms with Crippen molar-refractivity contribution >= 4 is 0 Å². The van der Waals surface area contributed by atoms with Crippen LogP contribution in [0.25, 0.3) is 0 Å². The zero-order valence-electron chi connectivity index (χ0n) is 28.7. The van der Waals surface area contributed by atoms with Crippen molar-refractivity contribution in [2.75, 3.05) is 0 Å². The Hall–Kier alpha value is -3.06. The number of hydrogen-bond donors (Lipinski definition) is 3. The summed E-state index contributed by atoms with van der Waals surface area (Å²) in [6.07, 6.45) is 0.847. The van der Waals surface area contributed by atoms with E-state index in [1.807, 2.05) is 18.2 Å². The lowest BCUT2D eigenvalue weighted by Gasteiger charge is -2.31. The monoisotopic (exact) mass is 598 g/mol. The number of aryl methyl sites for hydroxylation is 3. The largest absolute Gasteiger partial charge is 0.508 e. The molecule has 0 fully saturated rings. The van der Waals surface area contributed by atoms with E-state index in [1.54, 1.807) is 0 Å². The highest BCUT2D eigenvalue weighted by atomic mass is 16.3. The second kappa shape index (κ2) is 13.7. The smallest absolute Gasteiger partial charge is 0.119 e. The highest BCUT2D eigenvalue weighted by Crippen LogP contribution is 2.45. The van der Waals surface area contributed by atoms with Crippen LogP contribution in [0.2, 0.25) is 0 Å². The standard InChI is InChI=1S/C37H52O3.3H2O/c1-21(25-18-29(35(5,6)7)32(38)15-22(25)2)14-28(26-19-30(36(8,9)10)33(39)16-23(26)3)27-20-31(37(11,12)13)34(40)17-24(27)4;;;/h15-21,28,38-40H,14H2,1-13H3;3*1H2. The fraction of sp³-hybridized carbons (Fsp3) is 0.514. The van der Waals surface area contributed by atoms with Gasteiger partial charge in [0.25, 0.3) is 0 Å². The molecular formula is C37H58O6. The molecule has 0 amide bonds. The van der Waals surface area contributed by atoms with Gasteiger partial charge in [-0.2, -0.15) is 0 Å². The van der Waals surface area contributed by atoms with Gasteiger partial charge in [-0.15, -0.1) is 0 Å². The average molecular weight is 599 g/mol. The first-order chi connectivity index (χ1) is 18.1. The molecule has 0 radical (unpaired) electrons. The van der Waals surface area contributed by atoms with Gasteiger partial charge in [0.2, 0.25) is 0 Å². The van der Waals surface area contributed by atoms with Gasteiger partial charge in [0.05, 0.1) is 0 Å². The van der Waals surface area contributed by atoms with Crippen LogP contribution in [0, 0.1) is 20.8 Å². The summed E-state index contributed by atoms with van der Waals surface area (Å²) in [6, 6.07) is 12.3. The van der Waals surface area contributed by atoms with Gasteiger partial charge in [0, 0.05) is 5.92 Å². The van der Waals surface area contributed by atoms with E-state index in [1.165, 1.54) is 16.7 Å². The van der Waals surface area contributed by atoms with Crippen molar-refractivity contribution in [2.24, 2.45) is 0 Å². The van der Waals surface area contributed by atoms with Gasteiger partial charge in [-0.25, -0.2) is 0 Å². The lowest BCUT2D eigenvalue weighted by atomic mass is 9.74. The fourth-order valence-electron chi connectivity index (χ4n) is 6.11. The van der Waals surface area contributed by atoms with E-state index in [0.717, 1.165) is 39.8 Å². The Bertz CT molecular complexity index is 1330. The first kappa shape index (κ1) is 39.9. The van der Waals surface area contributed by atoms with Gasteiger partial charge in [-0.3, -0.25) is 0 Å². The van der Waals surface area contributed by atoms with Gasteiger partial charge in [-0.1, -0.05) is 87.4 Å². The Kier molecular flexibility index (Phi) is 12.7. The van der Waals surface area contributed by atoms with Crippen LogP contribution in [-0.4, -0.2) is 31.7 Å².